The largest absolute Gasteiger partial charge is 0.457 e. The summed E-state index contributed by atoms with van der Waals surface area (Å²) in [4.78, 5) is 26.7. The van der Waals surface area contributed by atoms with Gasteiger partial charge in [0.2, 0.25) is 0 Å². The molecule has 1 aliphatic rings. The summed E-state index contributed by atoms with van der Waals surface area (Å²) in [7, 11) is -4.56. The van der Waals surface area contributed by atoms with Crippen molar-refractivity contribution >= 4 is 61.4 Å². The zero-order valence-corrected chi connectivity index (χ0v) is 30.0. The molecule has 6 rings (SSSR count). The molecule has 1 aliphatic heterocycles. The third-order valence-electron chi connectivity index (χ3n) is 8.37. The number of benzene rings is 4. The van der Waals surface area contributed by atoms with E-state index >= 15 is 0 Å². The first-order valence-corrected chi connectivity index (χ1v) is 18.2. The number of nitrogens with zero attached hydrogens (tertiary/aromatic N) is 4. The van der Waals surface area contributed by atoms with Gasteiger partial charge < -0.3 is 14.8 Å². The van der Waals surface area contributed by atoms with E-state index in [1.165, 1.54) is 22.9 Å². The number of nitro groups is 1. The Morgan fingerprint density at radius 1 is 0.980 bits per heavy atom. The second-order valence-corrected chi connectivity index (χ2v) is 14.5. The number of nitrogens with one attached hydrogen (secondary N) is 2. The Labute approximate surface area is 304 Å². The molecular weight excluding hydrogens is 719 g/mol. The van der Waals surface area contributed by atoms with E-state index in [2.05, 4.69) is 20.0 Å². The second-order valence-electron chi connectivity index (χ2n) is 12.0. The summed E-state index contributed by atoms with van der Waals surface area (Å²) in [5.41, 5.74) is 2.61. The van der Waals surface area contributed by atoms with Crippen molar-refractivity contribution in [1.82, 2.24) is 19.4 Å². The van der Waals surface area contributed by atoms with E-state index in [1.54, 1.807) is 36.4 Å². The minimum atomic E-state index is -4.56. The van der Waals surface area contributed by atoms with Gasteiger partial charge in [-0.15, -0.1) is 0 Å². The number of fused-ring (bicyclic) bond motifs is 1. The standard InChI is InChI=1S/C35H34Cl2N6O7S/c1-22-17-27(18-23(2)33(22)37)50-26-6-3-24(4-7-26)21-42-34(29-19-25(36)5-9-30(29)39-42)35(44)40-51(47,48)28-8-10-31(32(20-28)43(45)46)38-11-12-41-13-15-49-16-14-41/h3-10,17-20,38H,11-16,21H2,1-2H3,(H,40,44). The molecule has 5 aromatic rings. The van der Waals surface area contributed by atoms with Gasteiger partial charge in [-0.1, -0.05) is 35.3 Å². The predicted octanol–water partition coefficient (Wildman–Crippen LogP) is 6.57. The van der Waals surface area contributed by atoms with Crippen molar-refractivity contribution in [2.24, 2.45) is 0 Å². The van der Waals surface area contributed by atoms with E-state index in [4.69, 9.17) is 32.7 Å². The van der Waals surface area contributed by atoms with Crippen molar-refractivity contribution in [3.8, 4) is 11.5 Å². The Kier molecular flexibility index (Phi) is 10.8. The van der Waals surface area contributed by atoms with Crippen LogP contribution in [0.5, 0.6) is 11.5 Å². The van der Waals surface area contributed by atoms with E-state index in [0.717, 1.165) is 35.8 Å². The van der Waals surface area contributed by atoms with Gasteiger partial charge in [0.15, 0.2) is 0 Å². The van der Waals surface area contributed by atoms with Crippen molar-refractivity contribution in [2.45, 2.75) is 25.3 Å². The SMILES string of the molecule is Cc1cc(Oc2ccc(Cn3nc4ccc(Cl)cc4c3C(=O)NS(=O)(=O)c3ccc(NCCN4CCOCC4)c([N+](=O)[O-])c3)cc2)cc(C)c1Cl. The van der Waals surface area contributed by atoms with Gasteiger partial charge in [-0.05, 0) is 85.1 Å². The fourth-order valence-electron chi connectivity index (χ4n) is 5.78. The lowest BCUT2D eigenvalue weighted by Crippen LogP contribution is -2.39. The highest BCUT2D eigenvalue weighted by molar-refractivity contribution is 7.90. The van der Waals surface area contributed by atoms with Crippen LogP contribution in [0.4, 0.5) is 11.4 Å². The molecule has 1 saturated heterocycles. The van der Waals surface area contributed by atoms with Crippen molar-refractivity contribution < 1.29 is 27.6 Å². The average molecular weight is 754 g/mol. The number of nitro benzene ring substituents is 1. The summed E-state index contributed by atoms with van der Waals surface area (Å²) in [6.45, 7) is 7.69. The van der Waals surface area contributed by atoms with Crippen LogP contribution in [0.15, 0.2) is 77.7 Å². The number of morpholine rings is 1. The average Bonchev–Trinajstić information content (AvgIpc) is 3.45. The molecule has 1 amide bonds. The van der Waals surface area contributed by atoms with Crippen molar-refractivity contribution in [1.29, 1.82) is 0 Å². The molecule has 2 N–H and O–H groups in total. The summed E-state index contributed by atoms with van der Waals surface area (Å²) >= 11 is 12.5. The minimum absolute atomic E-state index is 0.0561. The maximum Gasteiger partial charge on any atom is 0.293 e. The summed E-state index contributed by atoms with van der Waals surface area (Å²) in [6.07, 6.45) is 0. The first-order chi connectivity index (χ1) is 24.4. The molecule has 0 spiro atoms. The fourth-order valence-corrected chi connectivity index (χ4v) is 7.03. The lowest BCUT2D eigenvalue weighted by molar-refractivity contribution is -0.384. The summed E-state index contributed by atoms with van der Waals surface area (Å²) in [6, 6.07) is 19.1. The molecule has 0 saturated carbocycles. The zero-order chi connectivity index (χ0) is 36.3. The highest BCUT2D eigenvalue weighted by Crippen LogP contribution is 2.31. The lowest BCUT2D eigenvalue weighted by atomic mass is 10.1. The van der Waals surface area contributed by atoms with Crippen molar-refractivity contribution in [3.05, 3.63) is 115 Å². The molecule has 16 heteroatoms. The molecule has 0 unspecified atom stereocenters. The number of sulfonamides is 1. The monoisotopic (exact) mass is 752 g/mol. The molecule has 0 atom stereocenters. The molecule has 0 aliphatic carbocycles. The number of hydrogen-bond donors (Lipinski definition) is 2. The van der Waals surface area contributed by atoms with Crippen LogP contribution in [0.25, 0.3) is 10.9 Å². The van der Waals surface area contributed by atoms with Crippen LogP contribution in [-0.2, 0) is 21.3 Å². The first-order valence-electron chi connectivity index (χ1n) is 16.0. The Morgan fingerprint density at radius 3 is 2.37 bits per heavy atom. The number of halogens is 2. The predicted molar refractivity (Wildman–Crippen MR) is 195 cm³/mol. The van der Waals surface area contributed by atoms with Crippen LogP contribution < -0.4 is 14.8 Å². The lowest BCUT2D eigenvalue weighted by Gasteiger charge is -2.26. The number of rotatable bonds is 12. The van der Waals surface area contributed by atoms with Gasteiger partial charge in [-0.2, -0.15) is 5.10 Å². The van der Waals surface area contributed by atoms with Gasteiger partial charge in [0.25, 0.3) is 21.6 Å². The number of aryl methyl sites for hydroxylation is 2. The second kappa shape index (κ2) is 15.3. The summed E-state index contributed by atoms with van der Waals surface area (Å²) in [5.74, 6) is 0.231. The van der Waals surface area contributed by atoms with Crippen LogP contribution in [0, 0.1) is 24.0 Å². The van der Waals surface area contributed by atoms with E-state index < -0.39 is 31.4 Å². The minimum Gasteiger partial charge on any atom is -0.457 e. The first kappa shape index (κ1) is 36.1. The van der Waals surface area contributed by atoms with Gasteiger partial charge in [0, 0.05) is 47.7 Å². The van der Waals surface area contributed by atoms with Crippen molar-refractivity contribution in [3.63, 3.8) is 0 Å². The molecule has 51 heavy (non-hydrogen) atoms. The summed E-state index contributed by atoms with van der Waals surface area (Å²) in [5, 5.41) is 20.8. The third kappa shape index (κ3) is 8.43. The highest BCUT2D eigenvalue weighted by Gasteiger charge is 2.27. The van der Waals surface area contributed by atoms with E-state index in [1.807, 2.05) is 26.0 Å². The number of anilines is 1. The number of hydrogen-bond acceptors (Lipinski definition) is 10. The molecule has 1 fully saturated rings. The van der Waals surface area contributed by atoms with Crippen LogP contribution in [0.3, 0.4) is 0 Å². The normalized spacial score (nSPS) is 13.6. The maximum atomic E-state index is 13.8. The summed E-state index contributed by atoms with van der Waals surface area (Å²) < 4.78 is 41.8. The van der Waals surface area contributed by atoms with Crippen LogP contribution >= 0.6 is 23.2 Å². The molecule has 0 radical (unpaired) electrons. The highest BCUT2D eigenvalue weighted by atomic mass is 35.5. The Balaban J connectivity index is 1.21. The molecular formula is C35H34Cl2N6O7S. The van der Waals surface area contributed by atoms with E-state index in [0.29, 0.717) is 58.8 Å². The van der Waals surface area contributed by atoms with Crippen LogP contribution in [0.1, 0.15) is 27.2 Å². The molecule has 266 valence electrons. The Bertz CT molecular complexity index is 2200. The third-order valence-corrected chi connectivity index (χ3v) is 10.5. The number of carbonyl (C=O) groups excluding carboxylic acids is 1. The zero-order valence-electron chi connectivity index (χ0n) is 27.7. The number of aromatic nitrogens is 2. The van der Waals surface area contributed by atoms with Gasteiger partial charge >= 0.3 is 0 Å². The Hall–Kier alpha value is -4.73. The van der Waals surface area contributed by atoms with E-state index in [9.17, 15) is 23.3 Å². The van der Waals surface area contributed by atoms with Crippen LogP contribution in [-0.4, -0.2) is 73.3 Å². The molecule has 1 aromatic heterocycles. The molecule has 13 nitrogen and oxygen atoms in total. The number of carbonyl (C=O) groups is 1. The molecule has 2 heterocycles. The smallest absolute Gasteiger partial charge is 0.293 e. The van der Waals surface area contributed by atoms with Gasteiger partial charge in [0.05, 0.1) is 35.1 Å². The Morgan fingerprint density at radius 2 is 1.69 bits per heavy atom. The quantitative estimate of drug-likeness (QED) is 0.105. The van der Waals surface area contributed by atoms with Gasteiger partial charge in [-0.3, -0.25) is 24.5 Å². The topological polar surface area (TPSA) is 158 Å². The van der Waals surface area contributed by atoms with E-state index in [-0.39, 0.29) is 17.9 Å². The fraction of sp³-hybridized carbons (Fsp3) is 0.257. The molecule has 4 aromatic carbocycles. The van der Waals surface area contributed by atoms with Gasteiger partial charge in [0.1, 0.15) is 22.9 Å². The number of amides is 1. The molecule has 0 bridgehead atoms. The van der Waals surface area contributed by atoms with Crippen LogP contribution in [0.2, 0.25) is 10.0 Å². The number of ether oxygens (including phenoxy) is 2. The van der Waals surface area contributed by atoms with Crippen molar-refractivity contribution in [2.75, 3.05) is 44.7 Å². The maximum absolute atomic E-state index is 13.8. The van der Waals surface area contributed by atoms with Gasteiger partial charge in [-0.25, -0.2) is 13.1 Å².